The third-order valence-electron chi connectivity index (χ3n) is 6.97. The molecule has 0 aliphatic carbocycles. The van der Waals surface area contributed by atoms with Crippen molar-refractivity contribution in [3.8, 4) is 0 Å². The minimum absolute atomic E-state index is 0.187. The molecular weight excluding hydrogens is 480 g/mol. The number of aromatic amines is 2. The van der Waals surface area contributed by atoms with Gasteiger partial charge in [-0.2, -0.15) is 0 Å². The number of unbranched alkanes of at least 4 members (excludes halogenated alkanes) is 4. The number of nitrogens with zero attached hydrogens (tertiary/aromatic N) is 2. The summed E-state index contributed by atoms with van der Waals surface area (Å²) in [5.41, 5.74) is 0.495. The van der Waals surface area contributed by atoms with Crippen LogP contribution in [0.3, 0.4) is 0 Å². The van der Waals surface area contributed by atoms with Crippen LogP contribution >= 0.6 is 0 Å². The van der Waals surface area contributed by atoms with E-state index < -0.39 is 0 Å². The van der Waals surface area contributed by atoms with Crippen LogP contribution in [0.4, 0.5) is 0 Å². The first-order valence-corrected chi connectivity index (χ1v) is 14.2. The summed E-state index contributed by atoms with van der Waals surface area (Å²) in [6.45, 7) is 10.8. The van der Waals surface area contributed by atoms with Crippen LogP contribution in [-0.2, 0) is 0 Å². The van der Waals surface area contributed by atoms with Gasteiger partial charge in [0.15, 0.2) is 10.9 Å². The van der Waals surface area contributed by atoms with Gasteiger partial charge in [-0.05, 0) is 37.8 Å². The van der Waals surface area contributed by atoms with Crippen LogP contribution in [0.1, 0.15) is 100 Å². The van der Waals surface area contributed by atoms with Crippen molar-refractivity contribution in [2.45, 2.75) is 79.1 Å². The summed E-state index contributed by atoms with van der Waals surface area (Å²) in [4.78, 5) is 62.9. The molecule has 2 heterocycles. The van der Waals surface area contributed by atoms with Crippen molar-refractivity contribution in [3.63, 3.8) is 0 Å². The van der Waals surface area contributed by atoms with Gasteiger partial charge >= 0.3 is 0 Å². The Morgan fingerprint density at radius 2 is 0.921 bits per heavy atom. The molecule has 2 N–H and O–H groups in total. The number of carbonyl (C=O) groups excluding carboxylic acids is 2. The lowest BCUT2D eigenvalue weighted by Gasteiger charge is -2.23. The number of hydrogen-bond acceptors (Lipinski definition) is 4. The van der Waals surface area contributed by atoms with E-state index in [0.29, 0.717) is 48.0 Å². The van der Waals surface area contributed by atoms with E-state index in [9.17, 15) is 19.2 Å². The number of carbonyl (C=O) groups is 2. The van der Waals surface area contributed by atoms with Gasteiger partial charge in [-0.15, -0.1) is 0 Å². The zero-order chi connectivity index (χ0) is 27.7. The summed E-state index contributed by atoms with van der Waals surface area (Å²) < 4.78 is 0. The Labute approximate surface area is 224 Å². The predicted molar refractivity (Wildman–Crippen MR) is 154 cm³/mol. The topological polar surface area (TPSA) is 106 Å². The van der Waals surface area contributed by atoms with Crippen molar-refractivity contribution in [1.82, 2.24) is 19.8 Å². The Morgan fingerprint density at radius 3 is 1.21 bits per heavy atom. The van der Waals surface area contributed by atoms with Gasteiger partial charge in [0.2, 0.25) is 0 Å². The molecule has 0 saturated heterocycles. The molecular formula is C30H42N4O4. The number of hydrogen-bond donors (Lipinski definition) is 2. The molecule has 0 unspecified atom stereocenters. The maximum absolute atomic E-state index is 13.4. The van der Waals surface area contributed by atoms with E-state index in [4.69, 9.17) is 0 Å². The number of rotatable bonds is 14. The Hall–Kier alpha value is -3.42. The third kappa shape index (κ3) is 6.71. The minimum Gasteiger partial charge on any atom is -0.349 e. The molecule has 0 aliphatic heterocycles. The molecule has 2 amide bonds. The van der Waals surface area contributed by atoms with Crippen molar-refractivity contribution >= 4 is 33.6 Å². The number of H-pyrrole nitrogens is 2. The average Bonchev–Trinajstić information content (AvgIpc) is 2.92. The van der Waals surface area contributed by atoms with Crippen LogP contribution in [0.2, 0.25) is 0 Å². The zero-order valence-electron chi connectivity index (χ0n) is 23.3. The molecule has 38 heavy (non-hydrogen) atoms. The van der Waals surface area contributed by atoms with Gasteiger partial charge in [-0.3, -0.25) is 19.2 Å². The fourth-order valence-electron chi connectivity index (χ4n) is 4.63. The van der Waals surface area contributed by atoms with Gasteiger partial charge in [-0.1, -0.05) is 53.4 Å². The number of aromatic nitrogens is 2. The van der Waals surface area contributed by atoms with Crippen molar-refractivity contribution in [3.05, 3.63) is 56.1 Å². The fourth-order valence-corrected chi connectivity index (χ4v) is 4.63. The highest BCUT2D eigenvalue weighted by Gasteiger charge is 2.21. The first-order chi connectivity index (χ1) is 18.4. The molecule has 0 spiro atoms. The van der Waals surface area contributed by atoms with Gasteiger partial charge in [0.25, 0.3) is 11.8 Å². The van der Waals surface area contributed by atoms with Crippen LogP contribution in [0.25, 0.3) is 21.8 Å². The van der Waals surface area contributed by atoms with Gasteiger partial charge in [0.1, 0.15) is 11.4 Å². The highest BCUT2D eigenvalue weighted by atomic mass is 16.2. The number of amides is 2. The summed E-state index contributed by atoms with van der Waals surface area (Å²) >= 11 is 0. The molecule has 8 heteroatoms. The molecule has 3 rings (SSSR count). The first-order valence-electron chi connectivity index (χ1n) is 14.2. The van der Waals surface area contributed by atoms with Crippen LogP contribution in [-0.4, -0.2) is 57.8 Å². The minimum atomic E-state index is -0.306. The second-order valence-corrected chi connectivity index (χ2v) is 10.0. The van der Waals surface area contributed by atoms with Crippen LogP contribution in [0.5, 0.6) is 0 Å². The van der Waals surface area contributed by atoms with Gasteiger partial charge < -0.3 is 19.8 Å². The average molecular weight is 523 g/mol. The monoisotopic (exact) mass is 522 g/mol. The fraction of sp³-hybridized carbons (Fsp3) is 0.533. The Balaban J connectivity index is 2.13. The van der Waals surface area contributed by atoms with Gasteiger partial charge in [-0.25, -0.2) is 0 Å². The number of nitrogens with one attached hydrogen (secondary N) is 2. The first kappa shape index (κ1) is 29.1. The lowest BCUT2D eigenvalue weighted by Crippen LogP contribution is -2.34. The van der Waals surface area contributed by atoms with E-state index in [1.807, 2.05) is 0 Å². The van der Waals surface area contributed by atoms with Gasteiger partial charge in [0.05, 0.1) is 11.0 Å². The van der Waals surface area contributed by atoms with E-state index in [1.54, 1.807) is 21.9 Å². The predicted octanol–water partition coefficient (Wildman–Crippen LogP) is 5.45. The van der Waals surface area contributed by atoms with Gasteiger partial charge in [0, 0.05) is 49.1 Å². The molecule has 0 aliphatic rings. The largest absolute Gasteiger partial charge is 0.349 e. The molecule has 8 nitrogen and oxygen atoms in total. The number of fused-ring (bicyclic) bond motifs is 3. The summed E-state index contributed by atoms with van der Waals surface area (Å²) in [5.74, 6) is -0.467. The van der Waals surface area contributed by atoms with Crippen LogP contribution in [0.15, 0.2) is 33.9 Å². The van der Waals surface area contributed by atoms with Crippen molar-refractivity contribution in [2.24, 2.45) is 0 Å². The van der Waals surface area contributed by atoms with Crippen molar-refractivity contribution < 1.29 is 9.59 Å². The lowest BCUT2D eigenvalue weighted by atomic mass is 10.1. The molecule has 0 atom stereocenters. The summed E-state index contributed by atoms with van der Waals surface area (Å²) in [7, 11) is 0. The highest BCUT2D eigenvalue weighted by Crippen LogP contribution is 2.20. The molecule has 3 aromatic rings. The summed E-state index contributed by atoms with van der Waals surface area (Å²) in [6.07, 6.45) is 7.34. The standard InChI is InChI=1S/C30H42N4O4/c1-5-9-15-33(16-10-6-2)29(37)23-19-25(35)21-13-14-22-26(36)20-24(32-28(22)27(21)31-23)30(38)34(17-11-7-3)18-12-8-4/h13-14,19-20H,5-12,15-18H2,1-4H3,(H,31,35)(H,32,36). The number of pyridine rings is 2. The van der Waals surface area contributed by atoms with Crippen LogP contribution < -0.4 is 10.9 Å². The second-order valence-electron chi connectivity index (χ2n) is 10.0. The van der Waals surface area contributed by atoms with E-state index in [1.165, 1.54) is 12.1 Å². The van der Waals surface area contributed by atoms with E-state index >= 15 is 0 Å². The maximum Gasteiger partial charge on any atom is 0.270 e. The van der Waals surface area contributed by atoms with E-state index in [2.05, 4.69) is 37.7 Å². The second kappa shape index (κ2) is 13.9. The molecule has 0 saturated carbocycles. The third-order valence-corrected chi connectivity index (χ3v) is 6.97. The number of benzene rings is 1. The Bertz CT molecular complexity index is 1250. The molecule has 0 radical (unpaired) electrons. The Morgan fingerprint density at radius 1 is 0.605 bits per heavy atom. The molecule has 206 valence electrons. The summed E-state index contributed by atoms with van der Waals surface area (Å²) in [6, 6.07) is 5.88. The summed E-state index contributed by atoms with van der Waals surface area (Å²) in [5, 5.41) is 0.716. The van der Waals surface area contributed by atoms with Crippen molar-refractivity contribution in [1.29, 1.82) is 0 Å². The van der Waals surface area contributed by atoms with E-state index in [0.717, 1.165) is 51.4 Å². The van der Waals surface area contributed by atoms with Crippen LogP contribution in [0, 0.1) is 0 Å². The SMILES string of the molecule is CCCCN(CCCC)C(=O)c1cc(=O)c2ccc3c(=O)cc(C(=O)N(CCCC)CCCC)[nH]c3c2[nH]1. The van der Waals surface area contributed by atoms with Crippen molar-refractivity contribution in [2.75, 3.05) is 26.2 Å². The molecule has 0 fully saturated rings. The smallest absolute Gasteiger partial charge is 0.270 e. The zero-order valence-corrected chi connectivity index (χ0v) is 23.3. The normalized spacial score (nSPS) is 11.3. The maximum atomic E-state index is 13.4. The Kier molecular flexibility index (Phi) is 10.7. The molecule has 1 aromatic carbocycles. The molecule has 0 bridgehead atoms. The lowest BCUT2D eigenvalue weighted by molar-refractivity contribution is 0.0737. The molecule has 2 aromatic heterocycles. The van der Waals surface area contributed by atoms with E-state index in [-0.39, 0.29) is 34.1 Å². The quantitative estimate of drug-likeness (QED) is 0.274. The highest BCUT2D eigenvalue weighted by molar-refractivity contribution is 6.06.